The van der Waals surface area contributed by atoms with E-state index in [0.29, 0.717) is 5.15 Å². The molecule has 21 heavy (non-hydrogen) atoms. The molecule has 4 heteroatoms. The van der Waals surface area contributed by atoms with Crippen LogP contribution in [0.5, 0.6) is 0 Å². The van der Waals surface area contributed by atoms with E-state index in [1.807, 2.05) is 6.07 Å². The van der Waals surface area contributed by atoms with Gasteiger partial charge in [0.05, 0.1) is 0 Å². The Morgan fingerprint density at radius 3 is 2.57 bits per heavy atom. The molecule has 0 aliphatic heterocycles. The van der Waals surface area contributed by atoms with Crippen LogP contribution in [-0.4, -0.2) is 23.6 Å². The first-order chi connectivity index (χ1) is 9.83. The fourth-order valence-electron chi connectivity index (χ4n) is 3.98. The van der Waals surface area contributed by atoms with Crippen LogP contribution >= 0.6 is 11.6 Å². The predicted molar refractivity (Wildman–Crippen MR) is 88.0 cm³/mol. The van der Waals surface area contributed by atoms with E-state index in [0.717, 1.165) is 35.9 Å². The second-order valence-corrected chi connectivity index (χ2v) is 8.33. The van der Waals surface area contributed by atoms with Gasteiger partial charge >= 0.3 is 0 Å². The summed E-state index contributed by atoms with van der Waals surface area (Å²) in [7, 11) is 2.14. The van der Waals surface area contributed by atoms with Crippen LogP contribution in [0.2, 0.25) is 5.15 Å². The van der Waals surface area contributed by atoms with Crippen molar-refractivity contribution in [1.29, 1.82) is 0 Å². The van der Waals surface area contributed by atoms with Crippen molar-refractivity contribution < 1.29 is 0 Å². The molecule has 2 fully saturated rings. The second kappa shape index (κ2) is 5.42. The van der Waals surface area contributed by atoms with Crippen molar-refractivity contribution in [2.45, 2.75) is 51.9 Å². The lowest BCUT2D eigenvalue weighted by Crippen LogP contribution is -2.30. The second-order valence-electron chi connectivity index (χ2n) is 7.94. The summed E-state index contributed by atoms with van der Waals surface area (Å²) in [6, 6.07) is 1.89. The lowest BCUT2D eigenvalue weighted by Gasteiger charge is -2.28. The molecule has 0 N–H and O–H groups in total. The van der Waals surface area contributed by atoms with Crippen LogP contribution in [0.15, 0.2) is 6.07 Å². The lowest BCUT2D eigenvalue weighted by atomic mass is 9.88. The van der Waals surface area contributed by atoms with Crippen molar-refractivity contribution in [1.82, 2.24) is 9.97 Å². The van der Waals surface area contributed by atoms with Gasteiger partial charge in [0.2, 0.25) is 0 Å². The normalized spacial score (nSPS) is 28.1. The van der Waals surface area contributed by atoms with Gasteiger partial charge in [0.1, 0.15) is 16.8 Å². The summed E-state index contributed by atoms with van der Waals surface area (Å²) < 4.78 is 0. The first kappa shape index (κ1) is 15.1. The molecule has 3 unspecified atom stereocenters. The smallest absolute Gasteiger partial charge is 0.137 e. The summed E-state index contributed by atoms with van der Waals surface area (Å²) in [6.07, 6.45) is 5.75. The standard InChI is InChI=1S/C17H26ClN3/c1-17(2,3)16-19-14(18)9-15(20-16)21(4)10-13-8-11-5-6-12(13)7-11/h9,11-13H,5-8,10H2,1-4H3. The highest BCUT2D eigenvalue weighted by Crippen LogP contribution is 2.48. The van der Waals surface area contributed by atoms with Gasteiger partial charge in [-0.15, -0.1) is 0 Å². The molecule has 3 rings (SSSR count). The Morgan fingerprint density at radius 1 is 1.24 bits per heavy atom. The maximum absolute atomic E-state index is 6.20. The minimum Gasteiger partial charge on any atom is -0.359 e. The van der Waals surface area contributed by atoms with E-state index < -0.39 is 0 Å². The number of rotatable bonds is 3. The van der Waals surface area contributed by atoms with E-state index >= 15 is 0 Å². The Labute approximate surface area is 133 Å². The molecule has 0 radical (unpaired) electrons. The van der Waals surface area contributed by atoms with Crippen molar-refractivity contribution in [3.05, 3.63) is 17.0 Å². The first-order valence-corrected chi connectivity index (χ1v) is 8.47. The van der Waals surface area contributed by atoms with Crippen LogP contribution < -0.4 is 4.90 Å². The van der Waals surface area contributed by atoms with Gasteiger partial charge in [0.25, 0.3) is 0 Å². The maximum Gasteiger partial charge on any atom is 0.137 e. The lowest BCUT2D eigenvalue weighted by molar-refractivity contribution is 0.337. The number of halogens is 1. The van der Waals surface area contributed by atoms with E-state index in [1.165, 1.54) is 25.7 Å². The predicted octanol–water partition coefficient (Wildman–Crippen LogP) is 4.30. The highest BCUT2D eigenvalue weighted by Gasteiger charge is 2.39. The molecule has 1 aromatic rings. The van der Waals surface area contributed by atoms with Gasteiger partial charge in [-0.2, -0.15) is 0 Å². The van der Waals surface area contributed by atoms with Crippen LogP contribution in [0, 0.1) is 17.8 Å². The van der Waals surface area contributed by atoms with Gasteiger partial charge in [-0.1, -0.05) is 38.8 Å². The fraction of sp³-hybridized carbons (Fsp3) is 0.765. The van der Waals surface area contributed by atoms with Crippen molar-refractivity contribution in [2.75, 3.05) is 18.5 Å². The molecule has 2 aliphatic carbocycles. The number of hydrogen-bond donors (Lipinski definition) is 0. The third-order valence-electron chi connectivity index (χ3n) is 5.14. The Balaban J connectivity index is 1.75. The highest BCUT2D eigenvalue weighted by atomic mass is 35.5. The van der Waals surface area contributed by atoms with Gasteiger partial charge in [-0.05, 0) is 37.0 Å². The summed E-state index contributed by atoms with van der Waals surface area (Å²) in [6.45, 7) is 7.47. The molecule has 2 bridgehead atoms. The molecule has 2 aliphatic rings. The SMILES string of the molecule is CN(CC1CC2CCC1C2)c1cc(Cl)nc(C(C)(C)C)n1. The van der Waals surface area contributed by atoms with Gasteiger partial charge in [-0.25, -0.2) is 9.97 Å². The minimum absolute atomic E-state index is 0.0765. The summed E-state index contributed by atoms with van der Waals surface area (Å²) in [5, 5.41) is 0.546. The van der Waals surface area contributed by atoms with Crippen molar-refractivity contribution in [2.24, 2.45) is 17.8 Å². The zero-order valence-corrected chi connectivity index (χ0v) is 14.3. The van der Waals surface area contributed by atoms with Crippen LogP contribution in [-0.2, 0) is 5.41 Å². The molecule has 2 saturated carbocycles. The molecule has 1 heterocycles. The molecule has 3 atom stereocenters. The van der Waals surface area contributed by atoms with Crippen LogP contribution in [0.4, 0.5) is 5.82 Å². The third kappa shape index (κ3) is 3.18. The molecule has 3 nitrogen and oxygen atoms in total. The van der Waals surface area contributed by atoms with E-state index in [-0.39, 0.29) is 5.41 Å². The average molecular weight is 308 g/mol. The fourth-order valence-corrected chi connectivity index (χ4v) is 4.16. The zero-order chi connectivity index (χ0) is 15.2. The molecule has 0 aromatic carbocycles. The maximum atomic E-state index is 6.20. The number of hydrogen-bond acceptors (Lipinski definition) is 3. The van der Waals surface area contributed by atoms with E-state index in [1.54, 1.807) is 0 Å². The first-order valence-electron chi connectivity index (χ1n) is 8.09. The summed E-state index contributed by atoms with van der Waals surface area (Å²) >= 11 is 6.20. The topological polar surface area (TPSA) is 29.0 Å². The molecule has 116 valence electrons. The van der Waals surface area contributed by atoms with Crippen LogP contribution in [0.25, 0.3) is 0 Å². The van der Waals surface area contributed by atoms with Crippen LogP contribution in [0.1, 0.15) is 52.3 Å². The Morgan fingerprint density at radius 2 is 2.00 bits per heavy atom. The highest BCUT2D eigenvalue weighted by molar-refractivity contribution is 6.29. The Kier molecular flexibility index (Phi) is 3.89. The van der Waals surface area contributed by atoms with E-state index in [9.17, 15) is 0 Å². The van der Waals surface area contributed by atoms with E-state index in [4.69, 9.17) is 16.6 Å². The van der Waals surface area contributed by atoms with Crippen molar-refractivity contribution in [3.63, 3.8) is 0 Å². The summed E-state index contributed by atoms with van der Waals surface area (Å²) in [5.41, 5.74) is -0.0765. The average Bonchev–Trinajstić information content (AvgIpc) is 2.99. The molecule has 0 spiro atoms. The molecular formula is C17H26ClN3. The number of fused-ring (bicyclic) bond motifs is 2. The monoisotopic (exact) mass is 307 g/mol. The number of anilines is 1. The summed E-state index contributed by atoms with van der Waals surface area (Å²) in [4.78, 5) is 11.4. The zero-order valence-electron chi connectivity index (χ0n) is 13.6. The number of nitrogens with zero attached hydrogens (tertiary/aromatic N) is 3. The van der Waals surface area contributed by atoms with Crippen molar-refractivity contribution >= 4 is 17.4 Å². The van der Waals surface area contributed by atoms with Gasteiger partial charge in [0.15, 0.2) is 0 Å². The number of aromatic nitrogens is 2. The van der Waals surface area contributed by atoms with Crippen LogP contribution in [0.3, 0.4) is 0 Å². The molecular weight excluding hydrogens is 282 g/mol. The van der Waals surface area contributed by atoms with Crippen molar-refractivity contribution in [3.8, 4) is 0 Å². The quantitative estimate of drug-likeness (QED) is 0.780. The molecule has 0 amide bonds. The minimum atomic E-state index is -0.0765. The Bertz CT molecular complexity index is 523. The Hall–Kier alpha value is -0.830. The van der Waals surface area contributed by atoms with Gasteiger partial charge in [-0.3, -0.25) is 0 Å². The molecule has 0 saturated heterocycles. The van der Waals surface area contributed by atoms with E-state index in [2.05, 4.69) is 37.7 Å². The largest absolute Gasteiger partial charge is 0.359 e. The summed E-state index contributed by atoms with van der Waals surface area (Å²) in [5.74, 6) is 4.55. The third-order valence-corrected chi connectivity index (χ3v) is 5.33. The van der Waals surface area contributed by atoms with Gasteiger partial charge < -0.3 is 4.90 Å². The molecule has 1 aromatic heterocycles. The van der Waals surface area contributed by atoms with Gasteiger partial charge in [0, 0.05) is 25.1 Å².